The number of thiazole rings is 1. The second kappa shape index (κ2) is 8.57. The number of fused-ring (bicyclic) bond motifs is 3. The standard InChI is InChI=1S/C25H21ClF3N5OS/c1-33-11-18-9-17(33)12-34(18)24-31-23(35)22(36-24)19(13-3-5-21-15(6-13)10-30-32-21)7-14-2-4-16(26)8-20(14)25(27,28)29/h2-6,8,10,17-18,35H,7,9,11-12H2,1H3. The minimum atomic E-state index is -4.57. The maximum atomic E-state index is 13.9. The molecule has 2 atom stereocenters. The van der Waals surface area contributed by atoms with Crippen LogP contribution in [0.1, 0.15) is 28.0 Å². The van der Waals surface area contributed by atoms with Gasteiger partial charge in [0.05, 0.1) is 22.0 Å². The Hall–Kier alpha value is -2.95. The fraction of sp³-hybridized carbons (Fsp3) is 0.320. The Bertz CT molecular complexity index is 1520. The molecule has 0 saturated carbocycles. The highest BCUT2D eigenvalue weighted by atomic mass is 35.5. The number of aromatic nitrogens is 1. The first-order valence-electron chi connectivity index (χ1n) is 11.4. The van der Waals surface area contributed by atoms with Crippen molar-refractivity contribution < 1.29 is 18.3 Å². The van der Waals surface area contributed by atoms with Crippen molar-refractivity contribution >= 4 is 39.9 Å². The summed E-state index contributed by atoms with van der Waals surface area (Å²) in [5, 5.41) is 21.0. The number of anilines is 1. The molecule has 3 aliphatic rings. The smallest absolute Gasteiger partial charge is 0.416 e. The van der Waals surface area contributed by atoms with Gasteiger partial charge in [-0.3, -0.25) is 4.90 Å². The van der Waals surface area contributed by atoms with Crippen molar-refractivity contribution in [3.63, 3.8) is 0 Å². The van der Waals surface area contributed by atoms with Crippen LogP contribution >= 0.6 is 22.9 Å². The Morgan fingerprint density at radius 1 is 1.17 bits per heavy atom. The van der Waals surface area contributed by atoms with E-state index < -0.39 is 11.7 Å². The normalized spacial score (nSPS) is 21.8. The maximum absolute atomic E-state index is 13.9. The predicted molar refractivity (Wildman–Crippen MR) is 133 cm³/mol. The van der Waals surface area contributed by atoms with E-state index in [1.807, 2.05) is 6.07 Å². The number of hydrogen-bond donors (Lipinski definition) is 1. The molecule has 2 fully saturated rings. The van der Waals surface area contributed by atoms with E-state index in [0.29, 0.717) is 38.2 Å². The van der Waals surface area contributed by atoms with Crippen molar-refractivity contribution in [1.29, 1.82) is 0 Å². The highest BCUT2D eigenvalue weighted by molar-refractivity contribution is 7.17. The van der Waals surface area contributed by atoms with Crippen molar-refractivity contribution in [1.82, 2.24) is 9.88 Å². The Kier molecular flexibility index (Phi) is 5.58. The molecule has 1 aromatic heterocycles. The first-order valence-corrected chi connectivity index (χ1v) is 12.6. The van der Waals surface area contributed by atoms with Crippen LogP contribution in [0, 0.1) is 0 Å². The molecule has 2 aromatic carbocycles. The van der Waals surface area contributed by atoms with E-state index in [1.54, 1.807) is 18.3 Å². The number of alkyl halides is 3. The van der Waals surface area contributed by atoms with Crippen molar-refractivity contribution in [3.05, 3.63) is 73.6 Å². The van der Waals surface area contributed by atoms with Gasteiger partial charge >= 0.3 is 6.18 Å². The van der Waals surface area contributed by atoms with E-state index >= 15 is 0 Å². The molecule has 0 amide bonds. The Labute approximate surface area is 213 Å². The summed E-state index contributed by atoms with van der Waals surface area (Å²) in [4.78, 5) is 9.43. The molecule has 6 rings (SSSR count). The van der Waals surface area contributed by atoms with E-state index in [0.717, 1.165) is 31.1 Å². The van der Waals surface area contributed by atoms with Gasteiger partial charge in [-0.15, -0.1) is 0 Å². The monoisotopic (exact) mass is 531 g/mol. The topological polar surface area (TPSA) is 64.3 Å². The van der Waals surface area contributed by atoms with Gasteiger partial charge in [0.2, 0.25) is 5.88 Å². The van der Waals surface area contributed by atoms with Crippen LogP contribution in [0.3, 0.4) is 0 Å². The predicted octanol–water partition coefficient (Wildman–Crippen LogP) is 3.82. The summed E-state index contributed by atoms with van der Waals surface area (Å²) in [6.45, 7) is 1.74. The third kappa shape index (κ3) is 4.07. The second-order valence-corrected chi connectivity index (χ2v) is 10.8. The number of nitrogens with zero attached hydrogens (tertiary/aromatic N) is 5. The third-order valence-electron chi connectivity index (χ3n) is 7.12. The van der Waals surface area contributed by atoms with Crippen molar-refractivity contribution in [2.24, 2.45) is 10.2 Å². The summed E-state index contributed by atoms with van der Waals surface area (Å²) >= 11 is 7.23. The highest BCUT2D eigenvalue weighted by Gasteiger charge is 2.43. The van der Waals surface area contributed by atoms with E-state index in [-0.39, 0.29) is 22.9 Å². The Morgan fingerprint density at radius 2 is 2.00 bits per heavy atom. The van der Waals surface area contributed by atoms with E-state index in [1.165, 1.54) is 23.5 Å². The van der Waals surface area contributed by atoms with Gasteiger partial charge in [-0.1, -0.05) is 35.1 Å². The zero-order valence-corrected chi connectivity index (χ0v) is 20.7. The molecule has 0 radical (unpaired) electrons. The van der Waals surface area contributed by atoms with Gasteiger partial charge in [-0.25, -0.2) is 0 Å². The van der Waals surface area contributed by atoms with Crippen molar-refractivity contribution in [2.45, 2.75) is 31.1 Å². The average Bonchev–Trinajstić information content (AvgIpc) is 3.60. The molecule has 3 aliphatic heterocycles. The van der Waals surface area contributed by atoms with Gasteiger partial charge in [0.1, 0.15) is 0 Å². The van der Waals surface area contributed by atoms with E-state index in [4.69, 9.17) is 11.6 Å². The number of benzene rings is 2. The highest BCUT2D eigenvalue weighted by Crippen LogP contribution is 2.42. The van der Waals surface area contributed by atoms with Crippen LogP contribution in [-0.2, 0) is 12.6 Å². The molecule has 2 bridgehead atoms. The minimum absolute atomic E-state index is 0.0138. The van der Waals surface area contributed by atoms with E-state index in [2.05, 4.69) is 32.0 Å². The van der Waals surface area contributed by atoms with Crippen LogP contribution in [-0.4, -0.2) is 53.4 Å². The van der Waals surface area contributed by atoms with Gasteiger partial charge in [0.25, 0.3) is 0 Å². The molecule has 0 aliphatic carbocycles. The van der Waals surface area contributed by atoms with Crippen LogP contribution < -0.4 is 15.5 Å². The van der Waals surface area contributed by atoms with Gasteiger partial charge in [-0.2, -0.15) is 28.4 Å². The first-order chi connectivity index (χ1) is 17.2. The Balaban J connectivity index is 1.48. The number of likely N-dealkylation sites (tertiary alicyclic amines) is 1. The summed E-state index contributed by atoms with van der Waals surface area (Å²) in [5.41, 5.74) is 0.584. The number of rotatable bonds is 4. The second-order valence-electron chi connectivity index (χ2n) is 9.36. The molecule has 0 spiro atoms. The first kappa shape index (κ1) is 23.4. The molecular formula is C25H21ClF3N5OS. The van der Waals surface area contributed by atoms with Crippen LogP contribution in [0.4, 0.5) is 18.3 Å². The quantitative estimate of drug-likeness (QED) is 0.556. The minimum Gasteiger partial charge on any atom is -0.492 e. The van der Waals surface area contributed by atoms with Crippen LogP contribution in [0.5, 0.6) is 5.88 Å². The number of aromatic hydroxyl groups is 1. The molecule has 1 N–H and O–H groups in total. The molecule has 2 saturated heterocycles. The molecule has 2 unspecified atom stereocenters. The summed E-state index contributed by atoms with van der Waals surface area (Å²) in [6, 6.07) is 9.94. The Morgan fingerprint density at radius 3 is 2.72 bits per heavy atom. The number of likely N-dealkylation sites (N-methyl/N-ethyl adjacent to an activating group) is 1. The molecule has 186 valence electrons. The maximum Gasteiger partial charge on any atom is 0.416 e. The molecule has 6 nitrogen and oxygen atoms in total. The summed E-state index contributed by atoms with van der Waals surface area (Å²) in [6.07, 6.45) is -2.00. The zero-order valence-electron chi connectivity index (χ0n) is 19.1. The summed E-state index contributed by atoms with van der Waals surface area (Å²) in [5.74, 6) is -0.178. The van der Waals surface area contributed by atoms with Gasteiger partial charge in [0.15, 0.2) is 5.13 Å². The van der Waals surface area contributed by atoms with Crippen molar-refractivity contribution in [2.75, 3.05) is 25.0 Å². The molecular weight excluding hydrogens is 511 g/mol. The van der Waals surface area contributed by atoms with Crippen LogP contribution in [0.2, 0.25) is 5.02 Å². The lowest BCUT2D eigenvalue weighted by Gasteiger charge is -2.31. The molecule has 36 heavy (non-hydrogen) atoms. The fourth-order valence-corrected chi connectivity index (χ4v) is 6.56. The van der Waals surface area contributed by atoms with Crippen LogP contribution in [0.25, 0.3) is 5.57 Å². The van der Waals surface area contributed by atoms with Crippen molar-refractivity contribution in [3.8, 4) is 5.88 Å². The third-order valence-corrected chi connectivity index (χ3v) is 8.49. The van der Waals surface area contributed by atoms with Gasteiger partial charge in [0, 0.05) is 42.2 Å². The lowest BCUT2D eigenvalue weighted by Crippen LogP contribution is -2.44. The number of hydrogen-bond acceptors (Lipinski definition) is 7. The number of halogens is 4. The summed E-state index contributed by atoms with van der Waals surface area (Å²) in [7, 11) is 2.10. The molecule has 4 heterocycles. The van der Waals surface area contributed by atoms with E-state index in [9.17, 15) is 18.3 Å². The zero-order chi connectivity index (χ0) is 25.2. The largest absolute Gasteiger partial charge is 0.492 e. The molecule has 3 aromatic rings. The van der Waals surface area contributed by atoms with Gasteiger partial charge in [-0.05, 0) is 54.1 Å². The van der Waals surface area contributed by atoms with Crippen LogP contribution in [0.15, 0.2) is 46.6 Å². The number of piperazine rings is 1. The molecule has 11 heteroatoms. The summed E-state index contributed by atoms with van der Waals surface area (Å²) < 4.78 is 41.7. The fourth-order valence-electron chi connectivity index (χ4n) is 5.28. The SMILES string of the molecule is CN1CC2CC1CN2c1nc(O)c(C(Cc2ccc(Cl)cc2C(F)(F)F)=c2ccc3c(c2)C=NN=3)s1. The van der Waals surface area contributed by atoms with Gasteiger partial charge < -0.3 is 10.0 Å². The lowest BCUT2D eigenvalue weighted by atomic mass is 9.96. The average molecular weight is 532 g/mol. The lowest BCUT2D eigenvalue weighted by molar-refractivity contribution is -0.138.